The van der Waals surface area contributed by atoms with Crippen LogP contribution in [-0.4, -0.2) is 9.78 Å². The van der Waals surface area contributed by atoms with Crippen molar-refractivity contribution in [3.63, 3.8) is 0 Å². The van der Waals surface area contributed by atoms with Gasteiger partial charge in [-0.15, -0.1) is 0 Å². The summed E-state index contributed by atoms with van der Waals surface area (Å²) in [6.07, 6.45) is 5.38. The molecule has 88 valence electrons. The normalized spacial score (nSPS) is 10.2. The van der Waals surface area contributed by atoms with Gasteiger partial charge in [0.15, 0.2) is 0 Å². The lowest BCUT2D eigenvalue weighted by molar-refractivity contribution is 0.936. The molecule has 0 radical (unpaired) electrons. The zero-order valence-electron chi connectivity index (χ0n) is 9.03. The SMILES string of the molecule is C=Cn1cc(CNc2ccc(Cl)cc2Br)cn1. The molecule has 0 saturated carbocycles. The van der Waals surface area contributed by atoms with Crippen LogP contribution in [0.4, 0.5) is 5.69 Å². The fourth-order valence-corrected chi connectivity index (χ4v) is 2.22. The van der Waals surface area contributed by atoms with Gasteiger partial charge in [-0.25, -0.2) is 4.68 Å². The monoisotopic (exact) mass is 311 g/mol. The van der Waals surface area contributed by atoms with Crippen LogP contribution < -0.4 is 5.32 Å². The quantitative estimate of drug-likeness (QED) is 0.924. The highest BCUT2D eigenvalue weighted by atomic mass is 79.9. The van der Waals surface area contributed by atoms with E-state index in [4.69, 9.17) is 11.6 Å². The molecule has 1 heterocycles. The lowest BCUT2D eigenvalue weighted by atomic mass is 10.3. The van der Waals surface area contributed by atoms with Gasteiger partial charge in [0, 0.05) is 39.7 Å². The van der Waals surface area contributed by atoms with E-state index in [9.17, 15) is 0 Å². The summed E-state index contributed by atoms with van der Waals surface area (Å²) in [7, 11) is 0. The van der Waals surface area contributed by atoms with Gasteiger partial charge in [0.2, 0.25) is 0 Å². The second-order valence-corrected chi connectivity index (χ2v) is 4.78. The van der Waals surface area contributed by atoms with E-state index in [-0.39, 0.29) is 0 Å². The Morgan fingerprint density at radius 3 is 3.00 bits per heavy atom. The third-order valence-corrected chi connectivity index (χ3v) is 3.15. The third-order valence-electron chi connectivity index (χ3n) is 2.26. The number of benzene rings is 1. The first-order chi connectivity index (χ1) is 8.19. The van der Waals surface area contributed by atoms with Crippen molar-refractivity contribution >= 4 is 39.4 Å². The molecular weight excluding hydrogens is 302 g/mol. The minimum atomic E-state index is 0.702. The molecular formula is C12H11BrClN3. The lowest BCUT2D eigenvalue weighted by Crippen LogP contribution is -1.98. The topological polar surface area (TPSA) is 29.9 Å². The zero-order valence-corrected chi connectivity index (χ0v) is 11.4. The highest BCUT2D eigenvalue weighted by Gasteiger charge is 2.01. The first-order valence-electron chi connectivity index (χ1n) is 5.03. The van der Waals surface area contributed by atoms with Gasteiger partial charge in [0.05, 0.1) is 6.20 Å². The summed E-state index contributed by atoms with van der Waals surface area (Å²) < 4.78 is 2.62. The summed E-state index contributed by atoms with van der Waals surface area (Å²) in [5, 5.41) is 8.12. The Bertz CT molecular complexity index is 536. The van der Waals surface area contributed by atoms with Crippen LogP contribution in [-0.2, 0) is 6.54 Å². The maximum Gasteiger partial charge on any atom is 0.0543 e. The predicted molar refractivity (Wildman–Crippen MR) is 75.1 cm³/mol. The van der Waals surface area contributed by atoms with Gasteiger partial charge >= 0.3 is 0 Å². The number of aromatic nitrogens is 2. The summed E-state index contributed by atoms with van der Waals surface area (Å²) in [5.41, 5.74) is 2.09. The molecule has 0 aliphatic carbocycles. The highest BCUT2D eigenvalue weighted by Crippen LogP contribution is 2.26. The molecule has 0 bridgehead atoms. The smallest absolute Gasteiger partial charge is 0.0543 e. The first kappa shape index (κ1) is 12.2. The van der Waals surface area contributed by atoms with Crippen molar-refractivity contribution in [1.29, 1.82) is 0 Å². The molecule has 17 heavy (non-hydrogen) atoms. The number of nitrogens with one attached hydrogen (secondary N) is 1. The Morgan fingerprint density at radius 1 is 1.53 bits per heavy atom. The molecule has 1 aromatic heterocycles. The summed E-state index contributed by atoms with van der Waals surface area (Å²) in [6, 6.07) is 5.64. The number of rotatable bonds is 4. The minimum absolute atomic E-state index is 0.702. The van der Waals surface area contributed by atoms with E-state index in [2.05, 4.69) is 32.9 Å². The molecule has 0 amide bonds. The van der Waals surface area contributed by atoms with Crippen molar-refractivity contribution in [2.45, 2.75) is 6.54 Å². The van der Waals surface area contributed by atoms with Gasteiger partial charge in [0.25, 0.3) is 0 Å². The lowest BCUT2D eigenvalue weighted by Gasteiger charge is -2.07. The highest BCUT2D eigenvalue weighted by molar-refractivity contribution is 9.10. The molecule has 0 saturated heterocycles. The molecule has 0 spiro atoms. The largest absolute Gasteiger partial charge is 0.380 e. The maximum atomic E-state index is 5.87. The van der Waals surface area contributed by atoms with Crippen molar-refractivity contribution < 1.29 is 0 Å². The molecule has 5 heteroatoms. The van der Waals surface area contributed by atoms with Crippen LogP contribution in [0, 0.1) is 0 Å². The van der Waals surface area contributed by atoms with Crippen molar-refractivity contribution in [3.8, 4) is 0 Å². The van der Waals surface area contributed by atoms with Gasteiger partial charge < -0.3 is 5.32 Å². The molecule has 1 N–H and O–H groups in total. The molecule has 0 aliphatic heterocycles. The van der Waals surface area contributed by atoms with Crippen molar-refractivity contribution in [2.24, 2.45) is 0 Å². The summed E-state index contributed by atoms with van der Waals surface area (Å²) in [4.78, 5) is 0. The molecule has 3 nitrogen and oxygen atoms in total. The number of hydrogen-bond acceptors (Lipinski definition) is 2. The van der Waals surface area contributed by atoms with Gasteiger partial charge in [0.1, 0.15) is 0 Å². The van der Waals surface area contributed by atoms with E-state index < -0.39 is 0 Å². The Balaban J connectivity index is 2.04. The van der Waals surface area contributed by atoms with E-state index in [0.29, 0.717) is 11.6 Å². The van der Waals surface area contributed by atoms with E-state index >= 15 is 0 Å². The average Bonchev–Trinajstić information content (AvgIpc) is 2.76. The first-order valence-corrected chi connectivity index (χ1v) is 6.20. The van der Waals surface area contributed by atoms with Crippen molar-refractivity contribution in [3.05, 3.63) is 52.2 Å². The number of nitrogens with zero attached hydrogens (tertiary/aromatic N) is 2. The van der Waals surface area contributed by atoms with Crippen LogP contribution in [0.25, 0.3) is 6.20 Å². The summed E-state index contributed by atoms with van der Waals surface area (Å²) >= 11 is 9.33. The molecule has 0 atom stereocenters. The van der Waals surface area contributed by atoms with E-state index in [1.165, 1.54) is 0 Å². The van der Waals surface area contributed by atoms with E-state index in [1.54, 1.807) is 17.1 Å². The Labute approximate surface area is 113 Å². The number of hydrogen-bond donors (Lipinski definition) is 1. The van der Waals surface area contributed by atoms with Gasteiger partial charge in [-0.05, 0) is 34.1 Å². The van der Waals surface area contributed by atoms with Crippen LogP contribution in [0.3, 0.4) is 0 Å². The van der Waals surface area contributed by atoms with Gasteiger partial charge in [-0.3, -0.25) is 0 Å². The molecule has 0 unspecified atom stereocenters. The Kier molecular flexibility index (Phi) is 3.86. The van der Waals surface area contributed by atoms with Crippen LogP contribution >= 0.6 is 27.5 Å². The maximum absolute atomic E-state index is 5.87. The average molecular weight is 313 g/mol. The summed E-state index contributed by atoms with van der Waals surface area (Å²) in [5.74, 6) is 0. The Morgan fingerprint density at radius 2 is 2.35 bits per heavy atom. The fraction of sp³-hybridized carbons (Fsp3) is 0.0833. The molecule has 2 rings (SSSR count). The second-order valence-electron chi connectivity index (χ2n) is 3.49. The zero-order chi connectivity index (χ0) is 12.3. The van der Waals surface area contributed by atoms with Crippen LogP contribution in [0.2, 0.25) is 5.02 Å². The van der Waals surface area contributed by atoms with Crippen LogP contribution in [0.5, 0.6) is 0 Å². The molecule has 1 aromatic carbocycles. The number of halogens is 2. The minimum Gasteiger partial charge on any atom is -0.380 e. The molecule has 2 aromatic rings. The summed E-state index contributed by atoms with van der Waals surface area (Å²) in [6.45, 7) is 4.35. The fourth-order valence-electron chi connectivity index (χ4n) is 1.40. The predicted octanol–water partition coefficient (Wildman–Crippen LogP) is 4.01. The van der Waals surface area contributed by atoms with E-state index in [0.717, 1.165) is 15.7 Å². The second kappa shape index (κ2) is 5.38. The molecule has 0 aliphatic rings. The third kappa shape index (κ3) is 3.11. The van der Waals surface area contributed by atoms with Crippen LogP contribution in [0.15, 0.2) is 41.6 Å². The number of anilines is 1. The van der Waals surface area contributed by atoms with Gasteiger partial charge in [-0.2, -0.15) is 5.10 Å². The van der Waals surface area contributed by atoms with Gasteiger partial charge in [-0.1, -0.05) is 18.2 Å². The standard InChI is InChI=1S/C12H11BrClN3/c1-2-17-8-9(7-16-17)6-15-12-4-3-10(14)5-11(12)13/h2-5,7-8,15H,1,6H2. The van der Waals surface area contributed by atoms with Crippen molar-refractivity contribution in [2.75, 3.05) is 5.32 Å². The van der Waals surface area contributed by atoms with E-state index in [1.807, 2.05) is 24.4 Å². The Hall–Kier alpha value is -1.26. The molecule has 0 fully saturated rings. The van der Waals surface area contributed by atoms with Crippen molar-refractivity contribution in [1.82, 2.24) is 9.78 Å². The van der Waals surface area contributed by atoms with Crippen LogP contribution in [0.1, 0.15) is 5.56 Å².